The quantitative estimate of drug-likeness (QED) is 0.876. The molecule has 0 amide bonds. The number of rotatable bonds is 5. The molecular weight excluding hydrogens is 280 g/mol. The van der Waals surface area contributed by atoms with E-state index in [-0.39, 0.29) is 0 Å². The van der Waals surface area contributed by atoms with Gasteiger partial charge in [0.2, 0.25) is 0 Å². The fourth-order valence-corrected chi connectivity index (χ4v) is 2.18. The highest BCUT2D eigenvalue weighted by molar-refractivity contribution is 9.10. The molecule has 2 rings (SSSR count). The summed E-state index contributed by atoms with van der Waals surface area (Å²) in [6, 6.07) is 0.521. The minimum absolute atomic E-state index is 0.390. The molecule has 1 aromatic rings. The highest BCUT2D eigenvalue weighted by Gasteiger charge is 2.46. The molecule has 1 aliphatic carbocycles. The van der Waals surface area contributed by atoms with E-state index in [1.807, 2.05) is 0 Å². The van der Waals surface area contributed by atoms with Gasteiger partial charge in [-0.05, 0) is 34.2 Å². The lowest BCUT2D eigenvalue weighted by molar-refractivity contribution is 0.629. The summed E-state index contributed by atoms with van der Waals surface area (Å²) in [5, 5.41) is 6.73. The van der Waals surface area contributed by atoms with Crippen LogP contribution in [0.3, 0.4) is 0 Å². The van der Waals surface area contributed by atoms with Gasteiger partial charge in [0.15, 0.2) is 0 Å². The molecule has 1 heterocycles. The molecule has 17 heavy (non-hydrogen) atoms. The number of aromatic nitrogens is 2. The molecule has 1 saturated carbocycles. The van der Waals surface area contributed by atoms with E-state index in [0.717, 1.165) is 29.1 Å². The minimum Gasteiger partial charge on any atom is -0.369 e. The number of nitrogens with zero attached hydrogens (tertiary/aromatic N) is 2. The number of halogens is 1. The average Bonchev–Trinajstić information content (AvgIpc) is 2.87. The Morgan fingerprint density at radius 1 is 1.41 bits per heavy atom. The number of anilines is 2. The second-order valence-electron chi connectivity index (χ2n) is 5.20. The van der Waals surface area contributed by atoms with Crippen LogP contribution in [0.25, 0.3) is 0 Å². The first kappa shape index (κ1) is 12.6. The third-order valence-electron chi connectivity index (χ3n) is 3.16. The van der Waals surface area contributed by atoms with Crippen molar-refractivity contribution in [1.82, 2.24) is 9.97 Å². The van der Waals surface area contributed by atoms with Crippen molar-refractivity contribution in [2.24, 2.45) is 5.41 Å². The SMILES string of the molecule is CCCNc1ncnc(NC2CC2(C)C)c1Br. The zero-order valence-electron chi connectivity index (χ0n) is 10.5. The molecule has 0 spiro atoms. The molecular formula is C12H19BrN4. The molecule has 94 valence electrons. The molecule has 0 saturated heterocycles. The van der Waals surface area contributed by atoms with Gasteiger partial charge in [-0.25, -0.2) is 9.97 Å². The highest BCUT2D eigenvalue weighted by Crippen LogP contribution is 2.47. The molecule has 1 fully saturated rings. The van der Waals surface area contributed by atoms with Gasteiger partial charge in [0.05, 0.1) is 0 Å². The van der Waals surface area contributed by atoms with Gasteiger partial charge in [0.1, 0.15) is 22.4 Å². The summed E-state index contributed by atoms with van der Waals surface area (Å²) in [5.41, 5.74) is 0.390. The van der Waals surface area contributed by atoms with Crippen LogP contribution in [0.4, 0.5) is 11.6 Å². The van der Waals surface area contributed by atoms with Gasteiger partial charge in [-0.1, -0.05) is 20.8 Å². The van der Waals surface area contributed by atoms with Crippen molar-refractivity contribution in [3.8, 4) is 0 Å². The Morgan fingerprint density at radius 2 is 2.06 bits per heavy atom. The Hall–Kier alpha value is -0.840. The molecule has 0 bridgehead atoms. The molecule has 0 aromatic carbocycles. The average molecular weight is 299 g/mol. The molecule has 2 N–H and O–H groups in total. The van der Waals surface area contributed by atoms with Gasteiger partial charge in [-0.3, -0.25) is 0 Å². The molecule has 1 atom stereocenters. The van der Waals surface area contributed by atoms with Gasteiger partial charge < -0.3 is 10.6 Å². The molecule has 0 aliphatic heterocycles. The molecule has 5 heteroatoms. The Morgan fingerprint density at radius 3 is 2.65 bits per heavy atom. The van der Waals surface area contributed by atoms with Gasteiger partial charge in [-0.2, -0.15) is 0 Å². The third kappa shape index (κ3) is 2.89. The van der Waals surface area contributed by atoms with E-state index in [9.17, 15) is 0 Å². The van der Waals surface area contributed by atoms with Crippen LogP contribution in [0.1, 0.15) is 33.6 Å². The maximum Gasteiger partial charge on any atom is 0.146 e. The van der Waals surface area contributed by atoms with Crippen LogP contribution in [0.2, 0.25) is 0 Å². The van der Waals surface area contributed by atoms with E-state index in [1.165, 1.54) is 6.42 Å². The van der Waals surface area contributed by atoms with E-state index < -0.39 is 0 Å². The van der Waals surface area contributed by atoms with Crippen molar-refractivity contribution in [3.63, 3.8) is 0 Å². The Labute approximate surface area is 111 Å². The Balaban J connectivity index is 2.07. The van der Waals surface area contributed by atoms with E-state index in [1.54, 1.807) is 6.33 Å². The summed E-state index contributed by atoms with van der Waals surface area (Å²) in [5.74, 6) is 1.75. The zero-order valence-corrected chi connectivity index (χ0v) is 12.1. The highest BCUT2D eigenvalue weighted by atomic mass is 79.9. The topological polar surface area (TPSA) is 49.8 Å². The molecule has 4 nitrogen and oxygen atoms in total. The van der Waals surface area contributed by atoms with E-state index in [0.29, 0.717) is 11.5 Å². The van der Waals surface area contributed by atoms with Crippen molar-refractivity contribution in [3.05, 3.63) is 10.8 Å². The van der Waals surface area contributed by atoms with Crippen LogP contribution >= 0.6 is 15.9 Å². The maximum absolute atomic E-state index is 4.28. The van der Waals surface area contributed by atoms with Crippen LogP contribution < -0.4 is 10.6 Å². The van der Waals surface area contributed by atoms with Crippen LogP contribution in [-0.2, 0) is 0 Å². The summed E-state index contributed by atoms with van der Waals surface area (Å²) in [6.45, 7) is 7.57. The predicted octanol–water partition coefficient (Wildman–Crippen LogP) is 3.27. The normalized spacial score (nSPS) is 21.1. The first-order chi connectivity index (χ1) is 8.04. The third-order valence-corrected chi connectivity index (χ3v) is 3.91. The maximum atomic E-state index is 4.28. The monoisotopic (exact) mass is 298 g/mol. The van der Waals surface area contributed by atoms with Crippen LogP contribution in [0.15, 0.2) is 10.8 Å². The fraction of sp³-hybridized carbons (Fsp3) is 0.667. The Kier molecular flexibility index (Phi) is 3.56. The first-order valence-electron chi connectivity index (χ1n) is 6.05. The van der Waals surface area contributed by atoms with Crippen molar-refractivity contribution in [1.29, 1.82) is 0 Å². The smallest absolute Gasteiger partial charge is 0.146 e. The van der Waals surface area contributed by atoms with Crippen LogP contribution in [-0.4, -0.2) is 22.6 Å². The summed E-state index contributed by atoms with van der Waals surface area (Å²) in [6.07, 6.45) is 3.87. The lowest BCUT2D eigenvalue weighted by Gasteiger charge is -2.12. The van der Waals surface area contributed by atoms with Crippen LogP contribution in [0.5, 0.6) is 0 Å². The van der Waals surface area contributed by atoms with Crippen LogP contribution in [0, 0.1) is 5.41 Å². The standard InChI is InChI=1S/C12H19BrN4/c1-4-5-14-10-9(13)11(16-7-15-10)17-8-6-12(8,2)3/h7-8H,4-6H2,1-3H3,(H2,14,15,16,17). The lowest BCUT2D eigenvalue weighted by Crippen LogP contribution is -2.12. The van der Waals surface area contributed by atoms with Gasteiger partial charge in [0.25, 0.3) is 0 Å². The molecule has 1 aliphatic rings. The predicted molar refractivity (Wildman–Crippen MR) is 74.3 cm³/mol. The number of nitrogens with one attached hydrogen (secondary N) is 2. The largest absolute Gasteiger partial charge is 0.369 e. The fourth-order valence-electron chi connectivity index (χ4n) is 1.72. The zero-order chi connectivity index (χ0) is 12.5. The summed E-state index contributed by atoms with van der Waals surface area (Å²) in [7, 11) is 0. The van der Waals surface area contributed by atoms with E-state index in [4.69, 9.17) is 0 Å². The molecule has 1 unspecified atom stereocenters. The van der Waals surface area contributed by atoms with Gasteiger partial charge in [0, 0.05) is 12.6 Å². The van der Waals surface area contributed by atoms with E-state index >= 15 is 0 Å². The second kappa shape index (κ2) is 4.80. The summed E-state index contributed by atoms with van der Waals surface area (Å²) < 4.78 is 0.927. The van der Waals surface area contributed by atoms with E-state index in [2.05, 4.69) is 57.3 Å². The Bertz CT molecular complexity index is 405. The summed E-state index contributed by atoms with van der Waals surface area (Å²) >= 11 is 3.56. The van der Waals surface area contributed by atoms with Gasteiger partial charge in [-0.15, -0.1) is 0 Å². The lowest BCUT2D eigenvalue weighted by atomic mass is 10.2. The first-order valence-corrected chi connectivity index (χ1v) is 6.85. The van der Waals surface area contributed by atoms with Crippen molar-refractivity contribution < 1.29 is 0 Å². The number of hydrogen-bond acceptors (Lipinski definition) is 4. The summed E-state index contributed by atoms with van der Waals surface area (Å²) in [4.78, 5) is 8.52. The number of hydrogen-bond donors (Lipinski definition) is 2. The van der Waals surface area contributed by atoms with Crippen molar-refractivity contribution in [2.75, 3.05) is 17.2 Å². The van der Waals surface area contributed by atoms with Crippen molar-refractivity contribution in [2.45, 2.75) is 39.7 Å². The second-order valence-corrected chi connectivity index (χ2v) is 5.99. The molecule has 0 radical (unpaired) electrons. The minimum atomic E-state index is 0.390. The van der Waals surface area contributed by atoms with Gasteiger partial charge >= 0.3 is 0 Å². The molecule has 1 aromatic heterocycles. The van der Waals surface area contributed by atoms with Crippen molar-refractivity contribution >= 4 is 27.6 Å².